The van der Waals surface area contributed by atoms with Crippen LogP contribution >= 0.6 is 0 Å². The van der Waals surface area contributed by atoms with Gasteiger partial charge in [0.1, 0.15) is 0 Å². The summed E-state index contributed by atoms with van der Waals surface area (Å²) in [5.74, 6) is 3.86. The Kier molecular flexibility index (Phi) is 8.73. The van der Waals surface area contributed by atoms with Gasteiger partial charge in [0, 0.05) is 52.3 Å². The Morgan fingerprint density at radius 2 is 0.564 bits per heavy atom. The van der Waals surface area contributed by atoms with E-state index in [4.69, 9.17) is 28.4 Å². The minimum absolute atomic E-state index is 0.630. The zero-order valence-corrected chi connectivity index (χ0v) is 22.9. The summed E-state index contributed by atoms with van der Waals surface area (Å²) in [6.45, 7) is 0. The molecule has 0 atom stereocenters. The van der Waals surface area contributed by atoms with Crippen LogP contribution in [0.25, 0.3) is 0 Å². The van der Waals surface area contributed by atoms with Gasteiger partial charge in [-0.05, 0) is 54.6 Å². The van der Waals surface area contributed by atoms with Crippen LogP contribution < -0.4 is 44.4 Å². The second-order valence-electron chi connectivity index (χ2n) is 8.38. The van der Waals surface area contributed by atoms with Crippen molar-refractivity contribution in [2.75, 3.05) is 58.6 Å². The molecule has 9 nitrogen and oxygen atoms in total. The molecule has 0 amide bonds. The Balaban J connectivity index is 1.69. The van der Waals surface area contributed by atoms with Crippen molar-refractivity contribution in [1.82, 2.24) is 0 Å². The molecule has 4 rings (SSSR count). The first kappa shape index (κ1) is 27.1. The molecule has 0 aliphatic heterocycles. The molecule has 0 heterocycles. The number of hydrogen-bond acceptors (Lipinski definition) is 9. The first-order valence-corrected chi connectivity index (χ1v) is 12.1. The van der Waals surface area contributed by atoms with E-state index in [2.05, 4.69) is 16.0 Å². The van der Waals surface area contributed by atoms with Crippen LogP contribution in [-0.2, 0) is 0 Å². The molecule has 0 radical (unpaired) electrons. The smallest absolute Gasteiger partial charge is 0.162 e. The summed E-state index contributed by atoms with van der Waals surface area (Å²) in [6.07, 6.45) is 0. The van der Waals surface area contributed by atoms with Gasteiger partial charge in [-0.15, -0.1) is 0 Å². The molecule has 204 valence electrons. The number of methoxy groups -OCH3 is 6. The third-order valence-corrected chi connectivity index (χ3v) is 5.95. The van der Waals surface area contributed by atoms with E-state index in [0.29, 0.717) is 34.5 Å². The largest absolute Gasteiger partial charge is 0.493 e. The predicted molar refractivity (Wildman–Crippen MR) is 155 cm³/mol. The van der Waals surface area contributed by atoms with Gasteiger partial charge >= 0.3 is 0 Å². The first-order valence-electron chi connectivity index (χ1n) is 12.1. The minimum atomic E-state index is 0.630. The lowest BCUT2D eigenvalue weighted by Gasteiger charge is -2.17. The Hall–Kier alpha value is -4.92. The van der Waals surface area contributed by atoms with Gasteiger partial charge < -0.3 is 44.4 Å². The fourth-order valence-electron chi connectivity index (χ4n) is 4.09. The molecule has 0 aliphatic carbocycles. The number of ether oxygens (including phenoxy) is 6. The van der Waals surface area contributed by atoms with Gasteiger partial charge in [0.05, 0.1) is 42.7 Å². The van der Waals surface area contributed by atoms with E-state index in [1.807, 2.05) is 72.8 Å². The maximum Gasteiger partial charge on any atom is 0.162 e. The Morgan fingerprint density at radius 3 is 0.795 bits per heavy atom. The van der Waals surface area contributed by atoms with E-state index in [1.165, 1.54) is 0 Å². The molecule has 0 aromatic heterocycles. The Bertz CT molecular complexity index is 1240. The van der Waals surface area contributed by atoms with Crippen molar-refractivity contribution in [2.45, 2.75) is 0 Å². The summed E-state index contributed by atoms with van der Waals surface area (Å²) in [5.41, 5.74) is 5.05. The van der Waals surface area contributed by atoms with E-state index in [1.54, 1.807) is 42.7 Å². The summed E-state index contributed by atoms with van der Waals surface area (Å²) < 4.78 is 32.5. The van der Waals surface area contributed by atoms with Crippen molar-refractivity contribution in [3.05, 3.63) is 72.8 Å². The highest BCUT2D eigenvalue weighted by molar-refractivity contribution is 5.78. The molecule has 0 unspecified atom stereocenters. The van der Waals surface area contributed by atoms with E-state index < -0.39 is 0 Å². The minimum Gasteiger partial charge on any atom is -0.493 e. The molecule has 4 aromatic carbocycles. The highest BCUT2D eigenvalue weighted by atomic mass is 16.5. The molecule has 4 aromatic rings. The van der Waals surface area contributed by atoms with Crippen molar-refractivity contribution >= 4 is 34.1 Å². The summed E-state index contributed by atoms with van der Waals surface area (Å²) in [5, 5.41) is 10.4. The van der Waals surface area contributed by atoms with Gasteiger partial charge in [-0.3, -0.25) is 0 Å². The third kappa shape index (κ3) is 6.51. The lowest BCUT2D eigenvalue weighted by atomic mass is 10.2. The second-order valence-corrected chi connectivity index (χ2v) is 8.38. The molecular formula is C30H33N3O6. The van der Waals surface area contributed by atoms with Crippen molar-refractivity contribution in [2.24, 2.45) is 0 Å². The lowest BCUT2D eigenvalue weighted by molar-refractivity contribution is 0.355. The monoisotopic (exact) mass is 531 g/mol. The van der Waals surface area contributed by atoms with Crippen molar-refractivity contribution in [3.63, 3.8) is 0 Å². The van der Waals surface area contributed by atoms with Crippen LogP contribution in [0.2, 0.25) is 0 Å². The molecule has 39 heavy (non-hydrogen) atoms. The number of nitrogens with one attached hydrogen (secondary N) is 3. The molecule has 0 spiro atoms. The average molecular weight is 532 g/mol. The summed E-state index contributed by atoms with van der Waals surface area (Å²) >= 11 is 0. The average Bonchev–Trinajstić information content (AvgIpc) is 2.96. The number of benzene rings is 4. The van der Waals surface area contributed by atoms with Crippen LogP contribution in [0, 0.1) is 0 Å². The number of anilines is 6. The van der Waals surface area contributed by atoms with E-state index in [9.17, 15) is 0 Å². The van der Waals surface area contributed by atoms with Gasteiger partial charge in [-0.2, -0.15) is 0 Å². The number of hydrogen-bond donors (Lipinski definition) is 3. The Morgan fingerprint density at radius 1 is 0.308 bits per heavy atom. The molecule has 0 saturated heterocycles. The summed E-state index contributed by atoms with van der Waals surface area (Å²) in [6, 6.07) is 23.0. The molecule has 9 heteroatoms. The molecule has 0 fully saturated rings. The lowest BCUT2D eigenvalue weighted by Crippen LogP contribution is -1.99. The molecule has 0 saturated carbocycles. The van der Waals surface area contributed by atoms with Crippen molar-refractivity contribution in [3.8, 4) is 34.5 Å². The molecule has 0 bridgehead atoms. The summed E-state index contributed by atoms with van der Waals surface area (Å²) in [4.78, 5) is 0. The first-order chi connectivity index (χ1) is 19.0. The van der Waals surface area contributed by atoms with Gasteiger partial charge in [0.25, 0.3) is 0 Å². The van der Waals surface area contributed by atoms with Crippen LogP contribution in [0.3, 0.4) is 0 Å². The molecule has 3 N–H and O–H groups in total. The van der Waals surface area contributed by atoms with Crippen LogP contribution in [0.4, 0.5) is 34.1 Å². The van der Waals surface area contributed by atoms with Crippen LogP contribution in [-0.4, -0.2) is 42.7 Å². The second kappa shape index (κ2) is 12.6. The van der Waals surface area contributed by atoms with Crippen LogP contribution in [0.5, 0.6) is 34.5 Å². The maximum absolute atomic E-state index is 5.47. The zero-order chi connectivity index (χ0) is 27.8. The molecular weight excluding hydrogens is 498 g/mol. The third-order valence-electron chi connectivity index (χ3n) is 5.95. The fraction of sp³-hybridized carbons (Fsp3) is 0.200. The highest BCUT2D eigenvalue weighted by Gasteiger charge is 2.10. The predicted octanol–water partition coefficient (Wildman–Crippen LogP) is 6.97. The van der Waals surface area contributed by atoms with Gasteiger partial charge in [-0.1, -0.05) is 0 Å². The van der Waals surface area contributed by atoms with Crippen molar-refractivity contribution < 1.29 is 28.4 Å². The number of rotatable bonds is 12. The SMILES string of the molecule is COc1ccc(Nc2cc(Nc3ccc(OC)c(OC)c3)cc(Nc3ccc(OC)c(OC)c3)c2)cc1OC. The van der Waals surface area contributed by atoms with Crippen LogP contribution in [0.1, 0.15) is 0 Å². The van der Waals surface area contributed by atoms with Crippen LogP contribution in [0.15, 0.2) is 72.8 Å². The van der Waals surface area contributed by atoms with Gasteiger partial charge in [0.15, 0.2) is 34.5 Å². The van der Waals surface area contributed by atoms with Crippen molar-refractivity contribution in [1.29, 1.82) is 0 Å². The quantitative estimate of drug-likeness (QED) is 0.179. The van der Waals surface area contributed by atoms with Gasteiger partial charge in [0.2, 0.25) is 0 Å². The standard InChI is InChI=1S/C30H33N3O6/c1-34-25-10-7-19(16-28(25)37-4)31-22-13-23(32-20-8-11-26(35-2)29(17-20)38-5)15-24(14-22)33-21-9-12-27(36-3)30(18-21)39-6/h7-18,31-33H,1-6H3. The summed E-state index contributed by atoms with van der Waals surface area (Å²) in [7, 11) is 9.67. The maximum atomic E-state index is 5.47. The Labute approximate surface area is 228 Å². The topological polar surface area (TPSA) is 91.5 Å². The van der Waals surface area contributed by atoms with E-state index in [-0.39, 0.29) is 0 Å². The fourth-order valence-corrected chi connectivity index (χ4v) is 4.09. The van der Waals surface area contributed by atoms with E-state index >= 15 is 0 Å². The van der Waals surface area contributed by atoms with Gasteiger partial charge in [-0.25, -0.2) is 0 Å². The molecule has 0 aliphatic rings. The highest BCUT2D eigenvalue weighted by Crippen LogP contribution is 2.36. The van der Waals surface area contributed by atoms with E-state index in [0.717, 1.165) is 34.1 Å². The normalized spacial score (nSPS) is 10.3. The zero-order valence-electron chi connectivity index (χ0n) is 22.9.